The number of hydrogen-bond donors (Lipinski definition) is 1. The Morgan fingerprint density at radius 1 is 1.33 bits per heavy atom. The Morgan fingerprint density at radius 3 is 2.83 bits per heavy atom. The van der Waals surface area contributed by atoms with Gasteiger partial charge in [-0.05, 0) is 42.7 Å². The lowest BCUT2D eigenvalue weighted by Crippen LogP contribution is -2.42. The zero-order valence-electron chi connectivity index (χ0n) is 13.7. The van der Waals surface area contributed by atoms with Gasteiger partial charge in [0.2, 0.25) is 0 Å². The maximum Gasteiger partial charge on any atom is 0.301 e. The first kappa shape index (κ1) is 17.2. The number of benzene rings is 1. The Kier molecular flexibility index (Phi) is 5.12. The van der Waals surface area contributed by atoms with E-state index in [0.29, 0.717) is 29.9 Å². The monoisotopic (exact) mass is 367 g/mol. The van der Waals surface area contributed by atoms with Crippen LogP contribution in [0.2, 0.25) is 0 Å². The lowest BCUT2D eigenvalue weighted by molar-refractivity contribution is 0.282. The maximum absolute atomic E-state index is 12.7. The van der Waals surface area contributed by atoms with Crippen LogP contribution in [0.5, 0.6) is 0 Å². The van der Waals surface area contributed by atoms with Crippen LogP contribution in [0.25, 0.3) is 0 Å². The molecule has 1 aliphatic rings. The fraction of sp³-hybridized carbons (Fsp3) is 0.467. The van der Waals surface area contributed by atoms with E-state index in [4.69, 9.17) is 0 Å². The number of rotatable bonds is 5. The molecule has 0 spiro atoms. The predicted molar refractivity (Wildman–Crippen MR) is 94.1 cm³/mol. The average Bonchev–Trinajstić information content (AvgIpc) is 2.94. The zero-order valence-corrected chi connectivity index (χ0v) is 15.3. The molecule has 9 heteroatoms. The van der Waals surface area contributed by atoms with Gasteiger partial charge in [0.25, 0.3) is 0 Å². The van der Waals surface area contributed by atoms with Crippen molar-refractivity contribution in [3.63, 3.8) is 0 Å². The lowest BCUT2D eigenvalue weighted by atomic mass is 10.0. The van der Waals surface area contributed by atoms with Crippen molar-refractivity contribution in [1.29, 1.82) is 0 Å². The fourth-order valence-electron chi connectivity index (χ4n) is 2.67. The minimum Gasteiger partial charge on any atom is -0.311 e. The van der Waals surface area contributed by atoms with E-state index in [1.54, 1.807) is 17.0 Å². The first-order valence-electron chi connectivity index (χ1n) is 7.84. The van der Waals surface area contributed by atoms with Crippen molar-refractivity contribution in [3.05, 3.63) is 30.6 Å². The molecule has 3 rings (SSSR count). The molecule has 0 amide bonds. The number of anilines is 1. The summed E-state index contributed by atoms with van der Waals surface area (Å²) >= 11 is 1.38. The minimum absolute atomic E-state index is 0.388. The molecule has 2 heterocycles. The van der Waals surface area contributed by atoms with E-state index in [-0.39, 0.29) is 0 Å². The Morgan fingerprint density at radius 2 is 2.12 bits per heavy atom. The minimum atomic E-state index is -3.55. The highest BCUT2D eigenvalue weighted by molar-refractivity contribution is 7.99. The van der Waals surface area contributed by atoms with E-state index in [1.165, 1.54) is 16.1 Å². The summed E-state index contributed by atoms with van der Waals surface area (Å²) in [5.41, 5.74) is 0.559. The number of aryl methyl sites for hydroxylation is 1. The van der Waals surface area contributed by atoms with Crippen molar-refractivity contribution in [1.82, 2.24) is 19.1 Å². The summed E-state index contributed by atoms with van der Waals surface area (Å²) in [6.07, 6.45) is 3.59. The van der Waals surface area contributed by atoms with Gasteiger partial charge in [0.1, 0.15) is 6.33 Å². The standard InChI is InChI=1S/C15H21N5O2S2/c1-12-6-5-9-20(10-12)24(21,22)18-13-7-3-4-8-14(13)23-15-17-16-11-19(15)2/h3-4,7-8,11-12,18H,5-6,9-10H2,1-2H3. The molecule has 130 valence electrons. The number of nitrogens with zero attached hydrogens (tertiary/aromatic N) is 4. The third-order valence-corrected chi connectivity index (χ3v) is 6.57. The molecule has 1 aromatic heterocycles. The van der Waals surface area contributed by atoms with Crippen molar-refractivity contribution >= 4 is 27.7 Å². The molecule has 0 bridgehead atoms. The van der Waals surface area contributed by atoms with Gasteiger partial charge in [-0.15, -0.1) is 10.2 Å². The van der Waals surface area contributed by atoms with Crippen molar-refractivity contribution in [2.45, 2.75) is 29.8 Å². The van der Waals surface area contributed by atoms with Crippen LogP contribution in [-0.2, 0) is 17.3 Å². The van der Waals surface area contributed by atoms with Crippen molar-refractivity contribution in [2.75, 3.05) is 17.8 Å². The van der Waals surface area contributed by atoms with Crippen molar-refractivity contribution in [3.8, 4) is 0 Å². The number of hydrogen-bond acceptors (Lipinski definition) is 5. The SMILES string of the molecule is CC1CCCN(S(=O)(=O)Nc2ccccc2Sc2nncn2C)C1. The third-order valence-electron chi connectivity index (χ3n) is 3.96. The molecule has 1 aliphatic heterocycles. The molecule has 1 unspecified atom stereocenters. The summed E-state index contributed by atoms with van der Waals surface area (Å²) in [4.78, 5) is 0.794. The highest BCUT2D eigenvalue weighted by Gasteiger charge is 2.27. The smallest absolute Gasteiger partial charge is 0.301 e. The second-order valence-corrected chi connectivity index (χ2v) is 8.71. The topological polar surface area (TPSA) is 80.1 Å². The van der Waals surface area contributed by atoms with Gasteiger partial charge in [0, 0.05) is 25.0 Å². The van der Waals surface area contributed by atoms with Crippen LogP contribution in [0.3, 0.4) is 0 Å². The van der Waals surface area contributed by atoms with Crippen LogP contribution in [0, 0.1) is 5.92 Å². The highest BCUT2D eigenvalue weighted by Crippen LogP contribution is 2.33. The Balaban J connectivity index is 1.81. The average molecular weight is 368 g/mol. The van der Waals surface area contributed by atoms with Crippen LogP contribution in [0.15, 0.2) is 40.6 Å². The molecule has 1 fully saturated rings. The normalized spacial score (nSPS) is 19.3. The zero-order chi connectivity index (χ0) is 17.2. The van der Waals surface area contributed by atoms with Gasteiger partial charge in [-0.1, -0.05) is 19.1 Å². The second kappa shape index (κ2) is 7.12. The molecule has 0 saturated carbocycles. The molecule has 7 nitrogen and oxygen atoms in total. The highest BCUT2D eigenvalue weighted by atomic mass is 32.2. The Hall–Kier alpha value is -1.58. The fourth-order valence-corrected chi connectivity index (χ4v) is 4.99. The molecule has 24 heavy (non-hydrogen) atoms. The van der Waals surface area contributed by atoms with Gasteiger partial charge < -0.3 is 4.57 Å². The van der Waals surface area contributed by atoms with E-state index >= 15 is 0 Å². The number of piperidine rings is 1. The van der Waals surface area contributed by atoms with E-state index in [0.717, 1.165) is 17.7 Å². The molecular formula is C15H21N5O2S2. The van der Waals surface area contributed by atoms with Gasteiger partial charge in [-0.25, -0.2) is 0 Å². The van der Waals surface area contributed by atoms with Gasteiger partial charge in [-0.3, -0.25) is 4.72 Å². The third kappa shape index (κ3) is 3.90. The van der Waals surface area contributed by atoms with Crippen LogP contribution in [-0.4, -0.2) is 40.6 Å². The van der Waals surface area contributed by atoms with Gasteiger partial charge >= 0.3 is 10.2 Å². The van der Waals surface area contributed by atoms with Crippen molar-refractivity contribution < 1.29 is 8.42 Å². The molecule has 0 radical (unpaired) electrons. The summed E-state index contributed by atoms with van der Waals surface area (Å²) in [6.45, 7) is 3.21. The second-order valence-electron chi connectivity index (χ2n) is 6.04. The van der Waals surface area contributed by atoms with E-state index < -0.39 is 10.2 Å². The number of aromatic nitrogens is 3. The molecule has 2 aromatic rings. The summed E-state index contributed by atoms with van der Waals surface area (Å²) in [5.74, 6) is 0.388. The summed E-state index contributed by atoms with van der Waals surface area (Å²) in [7, 11) is -1.70. The molecule has 1 aromatic carbocycles. The largest absolute Gasteiger partial charge is 0.311 e. The predicted octanol–water partition coefficient (Wildman–Crippen LogP) is 2.35. The molecule has 1 saturated heterocycles. The molecule has 0 aliphatic carbocycles. The Bertz CT molecular complexity index is 806. The molecule has 1 atom stereocenters. The molecule has 1 N–H and O–H groups in total. The number of para-hydroxylation sites is 1. The van der Waals surface area contributed by atoms with Gasteiger partial charge in [0.05, 0.1) is 5.69 Å². The Labute approximate surface area is 146 Å². The van der Waals surface area contributed by atoms with E-state index in [1.807, 2.05) is 25.2 Å². The lowest BCUT2D eigenvalue weighted by Gasteiger charge is -2.30. The van der Waals surface area contributed by atoms with Gasteiger partial charge in [-0.2, -0.15) is 12.7 Å². The molecular weight excluding hydrogens is 346 g/mol. The first-order valence-corrected chi connectivity index (χ1v) is 10.1. The van der Waals surface area contributed by atoms with E-state index in [2.05, 4.69) is 21.8 Å². The quantitative estimate of drug-likeness (QED) is 0.877. The summed E-state index contributed by atoms with van der Waals surface area (Å²) in [6, 6.07) is 7.33. The summed E-state index contributed by atoms with van der Waals surface area (Å²) in [5, 5.41) is 8.59. The number of nitrogens with one attached hydrogen (secondary N) is 1. The first-order chi connectivity index (χ1) is 11.5. The van der Waals surface area contributed by atoms with Crippen molar-refractivity contribution in [2.24, 2.45) is 13.0 Å². The van der Waals surface area contributed by atoms with E-state index in [9.17, 15) is 8.42 Å². The van der Waals surface area contributed by atoms with Gasteiger partial charge in [0.15, 0.2) is 5.16 Å². The van der Waals surface area contributed by atoms with Crippen LogP contribution in [0.1, 0.15) is 19.8 Å². The van der Waals surface area contributed by atoms with Crippen LogP contribution in [0.4, 0.5) is 5.69 Å². The van der Waals surface area contributed by atoms with Crippen LogP contribution < -0.4 is 4.72 Å². The summed E-state index contributed by atoms with van der Waals surface area (Å²) < 4.78 is 31.4. The van der Waals surface area contributed by atoms with Crippen LogP contribution >= 0.6 is 11.8 Å². The maximum atomic E-state index is 12.7.